The van der Waals surface area contributed by atoms with Crippen molar-refractivity contribution in [2.75, 3.05) is 4.90 Å². The summed E-state index contributed by atoms with van der Waals surface area (Å²) in [5.74, 6) is 0. The molecule has 1 heterocycles. The van der Waals surface area contributed by atoms with E-state index >= 15 is 0 Å². The second-order valence-corrected chi connectivity index (χ2v) is 16.1. The van der Waals surface area contributed by atoms with Crippen molar-refractivity contribution >= 4 is 38.9 Å². The first-order chi connectivity index (χ1) is 29.0. The van der Waals surface area contributed by atoms with Gasteiger partial charge in [0.25, 0.3) is 0 Å². The van der Waals surface area contributed by atoms with Gasteiger partial charge in [-0.2, -0.15) is 0 Å². The molecule has 0 fully saturated rings. The highest BCUT2D eigenvalue weighted by Crippen LogP contribution is 2.52. The number of rotatable bonds is 7. The number of fused-ring (bicyclic) bond motifs is 6. The molecule has 2 nitrogen and oxygen atoms in total. The van der Waals surface area contributed by atoms with E-state index in [9.17, 15) is 0 Å². The Morgan fingerprint density at radius 3 is 1.64 bits per heavy atom. The Kier molecular flexibility index (Phi) is 8.20. The lowest BCUT2D eigenvalue weighted by Gasteiger charge is -2.26. The molecule has 9 aromatic carbocycles. The van der Waals surface area contributed by atoms with Crippen LogP contribution in [0.3, 0.4) is 0 Å². The van der Waals surface area contributed by atoms with Crippen LogP contribution in [0.4, 0.5) is 17.1 Å². The number of hydrogen-bond acceptors (Lipinski definition) is 1. The zero-order valence-electron chi connectivity index (χ0n) is 33.2. The average molecular weight is 755 g/mol. The predicted molar refractivity (Wildman–Crippen MR) is 249 cm³/mol. The molecule has 0 atom stereocenters. The molecule has 280 valence electrons. The van der Waals surface area contributed by atoms with Gasteiger partial charge in [-0.05, 0) is 110 Å². The molecule has 0 unspecified atom stereocenters. The molecule has 59 heavy (non-hydrogen) atoms. The first-order valence-corrected chi connectivity index (χ1v) is 20.5. The van der Waals surface area contributed by atoms with E-state index in [1.54, 1.807) is 0 Å². The van der Waals surface area contributed by atoms with Crippen molar-refractivity contribution in [1.82, 2.24) is 4.57 Å². The average Bonchev–Trinajstić information content (AvgIpc) is 3.76. The molecule has 1 aromatic heterocycles. The van der Waals surface area contributed by atoms with Gasteiger partial charge < -0.3 is 9.47 Å². The lowest BCUT2D eigenvalue weighted by atomic mass is 9.81. The van der Waals surface area contributed by atoms with Gasteiger partial charge in [-0.15, -0.1) is 0 Å². The van der Waals surface area contributed by atoms with Crippen LogP contribution >= 0.6 is 0 Å². The van der Waals surface area contributed by atoms with Gasteiger partial charge in [0.05, 0.1) is 16.7 Å². The van der Waals surface area contributed by atoms with Gasteiger partial charge in [0.2, 0.25) is 0 Å². The molecule has 10 aromatic rings. The third kappa shape index (κ3) is 5.71. The Labute approximate surface area is 345 Å². The molecule has 1 aliphatic rings. The number of hydrogen-bond donors (Lipinski definition) is 0. The van der Waals surface area contributed by atoms with Crippen LogP contribution in [0.25, 0.3) is 72.0 Å². The Morgan fingerprint density at radius 1 is 0.373 bits per heavy atom. The highest BCUT2D eigenvalue weighted by Gasteiger charge is 2.38. The van der Waals surface area contributed by atoms with Crippen molar-refractivity contribution < 1.29 is 0 Å². The summed E-state index contributed by atoms with van der Waals surface area (Å²) in [5, 5.41) is 2.52. The Bertz CT molecular complexity index is 3150. The second-order valence-electron chi connectivity index (χ2n) is 16.1. The second kappa shape index (κ2) is 13.9. The van der Waals surface area contributed by atoms with E-state index in [0.29, 0.717) is 0 Å². The number of anilines is 3. The van der Waals surface area contributed by atoms with Crippen molar-refractivity contribution in [2.45, 2.75) is 19.3 Å². The fourth-order valence-corrected chi connectivity index (χ4v) is 9.65. The maximum atomic E-state index is 2.51. The van der Waals surface area contributed by atoms with E-state index < -0.39 is 0 Å². The standard InChI is InChI=1S/C57H42N2/c1-57(2)51-26-11-9-22-48(51)49-25-15-29-54(56(49)57)59-52-27-12-10-23-50(52)55-47(24-14-28-53(55)59)43-18-13-21-46(38-43)58(44-19-7-4-8-20-44)45-36-34-42(35-37-45)41-32-30-40(31-33-41)39-16-5-3-6-17-39/h3-38H,1-2H3. The van der Waals surface area contributed by atoms with E-state index in [0.717, 1.165) is 17.1 Å². The van der Waals surface area contributed by atoms with Crippen LogP contribution < -0.4 is 4.90 Å². The summed E-state index contributed by atoms with van der Waals surface area (Å²) in [5.41, 5.74) is 19.5. The molecule has 1 aliphatic carbocycles. The fourth-order valence-electron chi connectivity index (χ4n) is 9.65. The van der Waals surface area contributed by atoms with Crippen LogP contribution in [-0.4, -0.2) is 4.57 Å². The summed E-state index contributed by atoms with van der Waals surface area (Å²) in [6, 6.07) is 79.6. The Hall–Kier alpha value is -7.42. The normalized spacial score (nSPS) is 12.7. The largest absolute Gasteiger partial charge is 0.310 e. The summed E-state index contributed by atoms with van der Waals surface area (Å²) >= 11 is 0. The molecule has 2 heteroatoms. The van der Waals surface area contributed by atoms with Crippen LogP contribution in [0.1, 0.15) is 25.0 Å². The number of para-hydroxylation sites is 2. The first-order valence-electron chi connectivity index (χ1n) is 20.5. The highest BCUT2D eigenvalue weighted by molar-refractivity contribution is 6.16. The van der Waals surface area contributed by atoms with Gasteiger partial charge in [0.15, 0.2) is 0 Å². The smallest absolute Gasteiger partial charge is 0.0547 e. The van der Waals surface area contributed by atoms with Gasteiger partial charge in [-0.25, -0.2) is 0 Å². The highest BCUT2D eigenvalue weighted by atomic mass is 15.1. The van der Waals surface area contributed by atoms with Gasteiger partial charge in [0.1, 0.15) is 0 Å². The van der Waals surface area contributed by atoms with E-state index in [4.69, 9.17) is 0 Å². The number of nitrogens with zero attached hydrogens (tertiary/aromatic N) is 2. The van der Waals surface area contributed by atoms with Crippen molar-refractivity contribution in [1.29, 1.82) is 0 Å². The minimum atomic E-state index is -0.141. The monoisotopic (exact) mass is 754 g/mol. The van der Waals surface area contributed by atoms with Crippen molar-refractivity contribution in [3.8, 4) is 50.2 Å². The molecular weight excluding hydrogens is 713 g/mol. The van der Waals surface area contributed by atoms with E-state index in [-0.39, 0.29) is 5.41 Å². The van der Waals surface area contributed by atoms with Crippen LogP contribution in [-0.2, 0) is 5.41 Å². The molecule has 0 radical (unpaired) electrons. The van der Waals surface area contributed by atoms with Gasteiger partial charge in [-0.1, -0.05) is 178 Å². The Balaban J connectivity index is 1.02. The van der Waals surface area contributed by atoms with Gasteiger partial charge >= 0.3 is 0 Å². The van der Waals surface area contributed by atoms with Crippen LogP contribution in [0, 0.1) is 0 Å². The SMILES string of the molecule is CC1(C)c2ccccc2-c2cccc(-n3c4ccccc4c4c(-c5cccc(N(c6ccccc6)c6ccc(-c7ccc(-c8ccccc8)cc7)cc6)c5)cccc43)c21. The summed E-state index contributed by atoms with van der Waals surface area (Å²) in [6.45, 7) is 4.75. The van der Waals surface area contributed by atoms with Crippen LogP contribution in [0.15, 0.2) is 218 Å². The molecule has 11 rings (SSSR count). The maximum Gasteiger partial charge on any atom is 0.0547 e. The number of benzene rings is 9. The van der Waals surface area contributed by atoms with Crippen molar-refractivity contribution in [3.63, 3.8) is 0 Å². The van der Waals surface area contributed by atoms with E-state index in [1.807, 2.05) is 0 Å². The summed E-state index contributed by atoms with van der Waals surface area (Å²) < 4.78 is 2.51. The van der Waals surface area contributed by atoms with E-state index in [2.05, 4.69) is 242 Å². The summed E-state index contributed by atoms with van der Waals surface area (Å²) in [6.07, 6.45) is 0. The minimum absolute atomic E-state index is 0.141. The predicted octanol–water partition coefficient (Wildman–Crippen LogP) is 15.6. The molecule has 0 aliphatic heterocycles. The van der Waals surface area contributed by atoms with Crippen molar-refractivity contribution in [2.24, 2.45) is 0 Å². The third-order valence-corrected chi connectivity index (χ3v) is 12.4. The maximum absolute atomic E-state index is 2.51. The zero-order chi connectivity index (χ0) is 39.5. The molecular formula is C57H42N2. The zero-order valence-corrected chi connectivity index (χ0v) is 33.2. The molecule has 0 bridgehead atoms. The first kappa shape index (κ1) is 34.8. The van der Waals surface area contributed by atoms with E-state index in [1.165, 1.54) is 83.1 Å². The number of aromatic nitrogens is 1. The quantitative estimate of drug-likeness (QED) is 0.157. The van der Waals surface area contributed by atoms with Crippen LogP contribution in [0.2, 0.25) is 0 Å². The van der Waals surface area contributed by atoms with Gasteiger partial charge in [0, 0.05) is 33.2 Å². The topological polar surface area (TPSA) is 8.17 Å². The molecule has 0 saturated heterocycles. The fraction of sp³-hybridized carbons (Fsp3) is 0.0526. The lowest BCUT2D eigenvalue weighted by Crippen LogP contribution is -2.17. The minimum Gasteiger partial charge on any atom is -0.310 e. The van der Waals surface area contributed by atoms with Crippen molar-refractivity contribution in [3.05, 3.63) is 230 Å². The third-order valence-electron chi connectivity index (χ3n) is 12.4. The lowest BCUT2D eigenvalue weighted by molar-refractivity contribution is 0.656. The molecule has 0 saturated carbocycles. The molecule has 0 N–H and O–H groups in total. The molecule has 0 spiro atoms. The van der Waals surface area contributed by atoms with Crippen LogP contribution in [0.5, 0.6) is 0 Å². The Morgan fingerprint density at radius 2 is 0.881 bits per heavy atom. The summed E-state index contributed by atoms with van der Waals surface area (Å²) in [4.78, 5) is 2.36. The van der Waals surface area contributed by atoms with Gasteiger partial charge in [-0.3, -0.25) is 0 Å². The summed E-state index contributed by atoms with van der Waals surface area (Å²) in [7, 11) is 0. The molecule has 0 amide bonds.